The second kappa shape index (κ2) is 8.07. The third kappa shape index (κ3) is 3.90. The first-order valence-corrected chi connectivity index (χ1v) is 10.6. The lowest BCUT2D eigenvalue weighted by atomic mass is 10.1. The van der Waals surface area contributed by atoms with Crippen molar-refractivity contribution in [2.45, 2.75) is 4.58 Å². The first-order chi connectivity index (χ1) is 13.6. The molecule has 0 radical (unpaired) electrons. The summed E-state index contributed by atoms with van der Waals surface area (Å²) < 4.78 is 1.92. The number of carbonyl (C=O) groups excluding carboxylic acids is 1. The molecule has 9 heteroatoms. The number of nitro groups is 1. The number of thioether (sulfide) groups is 2. The molecule has 142 valence electrons. The van der Waals surface area contributed by atoms with Crippen LogP contribution >= 0.6 is 23.5 Å². The standard InChI is InChI=1S/C19H16N4O3S2/c24-18(21-15-3-1-2-14(10-15)19-27-8-9-28-19)13-4-5-16(17(11-13)23(25)26)22-7-6-20-12-22/h1-7,10-12,19H,8-9H2,(H,21,24). The first-order valence-electron chi connectivity index (χ1n) is 8.53. The first kappa shape index (κ1) is 18.6. The zero-order valence-corrected chi connectivity index (χ0v) is 16.3. The summed E-state index contributed by atoms with van der Waals surface area (Å²) in [6.45, 7) is 0. The van der Waals surface area contributed by atoms with Crippen LogP contribution in [0, 0.1) is 10.1 Å². The Morgan fingerprint density at radius 2 is 2.04 bits per heavy atom. The Balaban J connectivity index is 1.57. The van der Waals surface area contributed by atoms with Crippen LogP contribution in [-0.4, -0.2) is 31.9 Å². The Labute approximate surface area is 169 Å². The lowest BCUT2D eigenvalue weighted by Crippen LogP contribution is -2.13. The van der Waals surface area contributed by atoms with Crippen molar-refractivity contribution in [3.63, 3.8) is 0 Å². The van der Waals surface area contributed by atoms with E-state index >= 15 is 0 Å². The minimum atomic E-state index is -0.499. The van der Waals surface area contributed by atoms with E-state index in [1.54, 1.807) is 22.9 Å². The molecule has 2 aromatic carbocycles. The molecule has 2 heterocycles. The topological polar surface area (TPSA) is 90.1 Å². The number of nitrogens with zero attached hydrogens (tertiary/aromatic N) is 3. The van der Waals surface area contributed by atoms with E-state index in [9.17, 15) is 14.9 Å². The third-order valence-electron chi connectivity index (χ3n) is 4.26. The van der Waals surface area contributed by atoms with Crippen molar-refractivity contribution in [2.75, 3.05) is 16.8 Å². The lowest BCUT2D eigenvalue weighted by Gasteiger charge is -2.11. The minimum Gasteiger partial charge on any atom is -0.322 e. The van der Waals surface area contributed by atoms with Crippen molar-refractivity contribution >= 4 is 40.8 Å². The van der Waals surface area contributed by atoms with Gasteiger partial charge in [0.05, 0.1) is 15.8 Å². The number of hydrogen-bond donors (Lipinski definition) is 1. The zero-order valence-electron chi connectivity index (χ0n) is 14.6. The monoisotopic (exact) mass is 412 g/mol. The molecule has 4 rings (SSSR count). The van der Waals surface area contributed by atoms with Crippen LogP contribution in [0.4, 0.5) is 11.4 Å². The summed E-state index contributed by atoms with van der Waals surface area (Å²) in [6.07, 6.45) is 4.64. The fourth-order valence-corrected chi connectivity index (χ4v) is 5.79. The number of nitro benzene ring substituents is 1. The zero-order chi connectivity index (χ0) is 19.5. The van der Waals surface area contributed by atoms with E-state index in [4.69, 9.17) is 0 Å². The highest BCUT2D eigenvalue weighted by molar-refractivity contribution is 8.19. The fraction of sp³-hybridized carbons (Fsp3) is 0.158. The second-order valence-electron chi connectivity index (χ2n) is 6.08. The van der Waals surface area contributed by atoms with Crippen LogP contribution in [0.5, 0.6) is 0 Å². The van der Waals surface area contributed by atoms with Gasteiger partial charge in [0.25, 0.3) is 11.6 Å². The summed E-state index contributed by atoms with van der Waals surface area (Å²) in [7, 11) is 0. The quantitative estimate of drug-likeness (QED) is 0.490. The predicted octanol–water partition coefficient (Wildman–Crippen LogP) is 4.51. The smallest absolute Gasteiger partial charge is 0.294 e. The molecule has 1 N–H and O–H groups in total. The van der Waals surface area contributed by atoms with Crippen LogP contribution in [0.25, 0.3) is 5.69 Å². The van der Waals surface area contributed by atoms with E-state index in [2.05, 4.69) is 16.4 Å². The molecule has 0 unspecified atom stereocenters. The van der Waals surface area contributed by atoms with E-state index in [1.807, 2.05) is 41.7 Å². The number of carbonyl (C=O) groups is 1. The van der Waals surface area contributed by atoms with E-state index in [0.717, 1.165) is 17.1 Å². The number of aromatic nitrogens is 2. The average molecular weight is 412 g/mol. The Hall–Kier alpha value is -2.78. The van der Waals surface area contributed by atoms with E-state index in [0.29, 0.717) is 16.0 Å². The summed E-state index contributed by atoms with van der Waals surface area (Å²) >= 11 is 3.79. The molecule has 0 bridgehead atoms. The van der Waals surface area contributed by atoms with Crippen LogP contribution in [-0.2, 0) is 0 Å². The van der Waals surface area contributed by atoms with Crippen LogP contribution in [0.3, 0.4) is 0 Å². The predicted molar refractivity (Wildman–Crippen MR) is 112 cm³/mol. The summed E-state index contributed by atoms with van der Waals surface area (Å²) in [5, 5.41) is 14.3. The minimum absolute atomic E-state index is 0.154. The normalized spacial score (nSPS) is 14.1. The van der Waals surface area contributed by atoms with Gasteiger partial charge in [0.15, 0.2) is 0 Å². The molecule has 0 spiro atoms. The Morgan fingerprint density at radius 3 is 2.75 bits per heavy atom. The number of hydrogen-bond acceptors (Lipinski definition) is 6. The van der Waals surface area contributed by atoms with Crippen LogP contribution in [0.15, 0.2) is 61.2 Å². The SMILES string of the molecule is O=C(Nc1cccc(C2SCCS2)c1)c1ccc(-n2ccnc2)c([N+](=O)[O-])c1. The van der Waals surface area contributed by atoms with Crippen molar-refractivity contribution in [3.8, 4) is 5.69 Å². The number of imidazole rings is 1. The molecule has 0 saturated carbocycles. The molecule has 0 aliphatic carbocycles. The highest BCUT2D eigenvalue weighted by atomic mass is 32.2. The van der Waals surface area contributed by atoms with E-state index in [-0.39, 0.29) is 17.2 Å². The Kier molecular flexibility index (Phi) is 5.36. The molecular formula is C19H16N4O3S2. The van der Waals surface area contributed by atoms with Crippen molar-refractivity contribution in [1.29, 1.82) is 0 Å². The van der Waals surface area contributed by atoms with E-state index < -0.39 is 4.92 Å². The summed E-state index contributed by atoms with van der Waals surface area (Å²) in [5.41, 5.74) is 2.27. The van der Waals surface area contributed by atoms with Gasteiger partial charge in [-0.1, -0.05) is 12.1 Å². The maximum absolute atomic E-state index is 12.7. The highest BCUT2D eigenvalue weighted by Crippen LogP contribution is 2.45. The summed E-state index contributed by atoms with van der Waals surface area (Å²) in [4.78, 5) is 27.5. The molecule has 1 saturated heterocycles. The molecule has 7 nitrogen and oxygen atoms in total. The van der Waals surface area contributed by atoms with Crippen LogP contribution in [0.2, 0.25) is 0 Å². The molecule has 1 aliphatic rings. The lowest BCUT2D eigenvalue weighted by molar-refractivity contribution is -0.384. The third-order valence-corrected chi connectivity index (χ3v) is 7.36. The van der Waals surface area contributed by atoms with Gasteiger partial charge in [0.1, 0.15) is 5.69 Å². The number of amides is 1. The van der Waals surface area contributed by atoms with Gasteiger partial charge in [0.2, 0.25) is 0 Å². The fourth-order valence-electron chi connectivity index (χ4n) is 2.95. The molecule has 1 aromatic heterocycles. The molecule has 1 fully saturated rings. The molecule has 0 atom stereocenters. The van der Waals surface area contributed by atoms with Gasteiger partial charge in [-0.25, -0.2) is 4.98 Å². The average Bonchev–Trinajstić information content (AvgIpc) is 3.41. The second-order valence-corrected chi connectivity index (χ2v) is 8.81. The van der Waals surface area contributed by atoms with Gasteiger partial charge < -0.3 is 9.88 Å². The summed E-state index contributed by atoms with van der Waals surface area (Å²) in [6, 6.07) is 12.2. The van der Waals surface area contributed by atoms with Crippen molar-refractivity contribution in [3.05, 3.63) is 82.4 Å². The summed E-state index contributed by atoms with van der Waals surface area (Å²) in [5.74, 6) is 1.86. The van der Waals surface area contributed by atoms with Gasteiger partial charge in [-0.15, -0.1) is 23.5 Å². The van der Waals surface area contributed by atoms with Gasteiger partial charge in [-0.05, 0) is 29.8 Å². The van der Waals surface area contributed by atoms with Crippen molar-refractivity contribution in [2.24, 2.45) is 0 Å². The van der Waals surface area contributed by atoms with Crippen LogP contribution < -0.4 is 5.32 Å². The molecule has 28 heavy (non-hydrogen) atoms. The molecule has 1 aliphatic heterocycles. The number of nitrogens with one attached hydrogen (secondary N) is 1. The number of benzene rings is 2. The van der Waals surface area contributed by atoms with Crippen molar-refractivity contribution < 1.29 is 9.72 Å². The van der Waals surface area contributed by atoms with Crippen LogP contribution in [0.1, 0.15) is 20.5 Å². The Morgan fingerprint density at radius 1 is 1.21 bits per heavy atom. The van der Waals surface area contributed by atoms with Crippen molar-refractivity contribution in [1.82, 2.24) is 9.55 Å². The van der Waals surface area contributed by atoms with Gasteiger partial charge in [-0.3, -0.25) is 14.9 Å². The van der Waals surface area contributed by atoms with E-state index in [1.165, 1.54) is 18.6 Å². The maximum atomic E-state index is 12.7. The molecule has 1 amide bonds. The van der Waals surface area contributed by atoms with Gasteiger partial charge >= 0.3 is 0 Å². The van der Waals surface area contributed by atoms with Gasteiger partial charge in [-0.2, -0.15) is 0 Å². The van der Waals surface area contributed by atoms with Gasteiger partial charge in [0, 0.05) is 41.2 Å². The molecule has 3 aromatic rings. The largest absolute Gasteiger partial charge is 0.322 e. The highest BCUT2D eigenvalue weighted by Gasteiger charge is 2.20. The Bertz CT molecular complexity index is 1020. The number of rotatable bonds is 5. The number of anilines is 1. The maximum Gasteiger partial charge on any atom is 0.294 e. The molecular weight excluding hydrogens is 396 g/mol.